The van der Waals surface area contributed by atoms with Crippen LogP contribution in [0, 0.1) is 0 Å². The summed E-state index contributed by atoms with van der Waals surface area (Å²) in [6, 6.07) is 7.05. The summed E-state index contributed by atoms with van der Waals surface area (Å²) in [5, 5.41) is 11.5. The fourth-order valence-electron chi connectivity index (χ4n) is 1.40. The summed E-state index contributed by atoms with van der Waals surface area (Å²) in [7, 11) is 1.84. The zero-order chi connectivity index (χ0) is 13.8. The van der Waals surface area contributed by atoms with Crippen molar-refractivity contribution in [2.24, 2.45) is 7.05 Å². The van der Waals surface area contributed by atoms with Crippen molar-refractivity contribution < 1.29 is 4.79 Å². The molecule has 0 aliphatic carbocycles. The minimum absolute atomic E-state index is 0.102. The Morgan fingerprint density at radius 1 is 1.53 bits per heavy atom. The monoisotopic (exact) mass is 296 g/mol. The summed E-state index contributed by atoms with van der Waals surface area (Å²) >= 11 is 7.22. The van der Waals surface area contributed by atoms with E-state index in [4.69, 9.17) is 11.6 Å². The number of carbonyl (C=O) groups is 1. The second-order valence-electron chi connectivity index (χ2n) is 3.98. The van der Waals surface area contributed by atoms with Gasteiger partial charge in [-0.05, 0) is 25.1 Å². The number of benzene rings is 1. The maximum Gasteiger partial charge on any atom is 0.237 e. The van der Waals surface area contributed by atoms with Crippen LogP contribution in [-0.2, 0) is 11.8 Å². The highest BCUT2D eigenvalue weighted by atomic mass is 35.5. The number of halogens is 1. The fraction of sp³-hybridized carbons (Fsp3) is 0.250. The number of anilines is 1. The van der Waals surface area contributed by atoms with E-state index in [1.54, 1.807) is 35.2 Å². The molecule has 1 heterocycles. The van der Waals surface area contributed by atoms with E-state index >= 15 is 0 Å². The van der Waals surface area contributed by atoms with Gasteiger partial charge in [-0.1, -0.05) is 29.4 Å². The Morgan fingerprint density at radius 2 is 2.32 bits per heavy atom. The van der Waals surface area contributed by atoms with Gasteiger partial charge >= 0.3 is 0 Å². The minimum atomic E-state index is -0.276. The zero-order valence-electron chi connectivity index (χ0n) is 10.5. The molecule has 0 saturated heterocycles. The predicted octanol–water partition coefficient (Wildman–Crippen LogP) is 2.59. The molecule has 0 fully saturated rings. The number of hydrogen-bond donors (Lipinski definition) is 1. The minimum Gasteiger partial charge on any atom is -0.325 e. The van der Waals surface area contributed by atoms with Crippen molar-refractivity contribution in [1.82, 2.24) is 14.8 Å². The van der Waals surface area contributed by atoms with Crippen molar-refractivity contribution >= 4 is 35.0 Å². The van der Waals surface area contributed by atoms with Gasteiger partial charge in [0.1, 0.15) is 6.33 Å². The van der Waals surface area contributed by atoms with Crippen LogP contribution in [0.2, 0.25) is 5.02 Å². The van der Waals surface area contributed by atoms with Crippen molar-refractivity contribution in [1.29, 1.82) is 0 Å². The molecule has 0 aliphatic heterocycles. The number of thioether (sulfide) groups is 1. The molecule has 1 unspecified atom stereocenters. The molecule has 1 aromatic heterocycles. The molecule has 1 amide bonds. The third kappa shape index (κ3) is 3.71. The molecule has 0 aliphatic rings. The molecule has 5 nitrogen and oxygen atoms in total. The van der Waals surface area contributed by atoms with Gasteiger partial charge in [-0.15, -0.1) is 10.2 Å². The highest BCUT2D eigenvalue weighted by molar-refractivity contribution is 8.00. The molecular formula is C12H13ClN4OS. The molecule has 2 rings (SSSR count). The molecule has 0 saturated carbocycles. The first-order chi connectivity index (χ1) is 9.06. The summed E-state index contributed by atoms with van der Waals surface area (Å²) in [4.78, 5) is 12.0. The number of nitrogens with one attached hydrogen (secondary N) is 1. The van der Waals surface area contributed by atoms with E-state index in [1.165, 1.54) is 11.8 Å². The molecule has 0 bridgehead atoms. The van der Waals surface area contributed by atoms with Gasteiger partial charge in [0.15, 0.2) is 5.16 Å². The molecule has 1 N–H and O–H groups in total. The Balaban J connectivity index is 1.98. The van der Waals surface area contributed by atoms with Crippen LogP contribution in [0.5, 0.6) is 0 Å². The maximum absolute atomic E-state index is 12.0. The Hall–Kier alpha value is -1.53. The normalized spacial score (nSPS) is 12.2. The van der Waals surface area contributed by atoms with Crippen molar-refractivity contribution in [2.45, 2.75) is 17.3 Å². The Labute approximate surface area is 120 Å². The van der Waals surface area contributed by atoms with Crippen molar-refractivity contribution in [2.75, 3.05) is 5.32 Å². The van der Waals surface area contributed by atoms with E-state index in [9.17, 15) is 4.79 Å². The lowest BCUT2D eigenvalue weighted by Gasteiger charge is -2.11. The van der Waals surface area contributed by atoms with Crippen molar-refractivity contribution in [3.63, 3.8) is 0 Å². The van der Waals surface area contributed by atoms with Crippen molar-refractivity contribution in [3.8, 4) is 0 Å². The van der Waals surface area contributed by atoms with Gasteiger partial charge in [0.25, 0.3) is 0 Å². The van der Waals surface area contributed by atoms with Crippen LogP contribution in [0.3, 0.4) is 0 Å². The zero-order valence-corrected chi connectivity index (χ0v) is 12.1. The Kier molecular flexibility index (Phi) is 4.44. The Bertz CT molecular complexity index is 587. The number of amides is 1. The second-order valence-corrected chi connectivity index (χ2v) is 5.73. The highest BCUT2D eigenvalue weighted by Crippen LogP contribution is 2.22. The maximum atomic E-state index is 12.0. The summed E-state index contributed by atoms with van der Waals surface area (Å²) in [6.45, 7) is 1.82. The molecule has 0 radical (unpaired) electrons. The molecular weight excluding hydrogens is 284 g/mol. The highest BCUT2D eigenvalue weighted by Gasteiger charge is 2.17. The van der Waals surface area contributed by atoms with Gasteiger partial charge in [0.05, 0.1) is 5.25 Å². The van der Waals surface area contributed by atoms with E-state index in [0.29, 0.717) is 15.9 Å². The van der Waals surface area contributed by atoms with Crippen molar-refractivity contribution in [3.05, 3.63) is 35.6 Å². The fourth-order valence-corrected chi connectivity index (χ4v) is 2.38. The van der Waals surface area contributed by atoms with Gasteiger partial charge in [0.2, 0.25) is 5.91 Å². The standard InChI is InChI=1S/C12H13ClN4OS/c1-8(19-12-16-14-7-17(12)2)11(18)15-10-5-3-4-9(13)6-10/h3-8H,1-2H3,(H,15,18). The van der Waals surface area contributed by atoms with E-state index in [2.05, 4.69) is 15.5 Å². The van der Waals surface area contributed by atoms with Crippen LogP contribution < -0.4 is 5.32 Å². The van der Waals surface area contributed by atoms with Crippen LogP contribution in [0.15, 0.2) is 35.7 Å². The van der Waals surface area contributed by atoms with Gasteiger partial charge < -0.3 is 9.88 Å². The molecule has 19 heavy (non-hydrogen) atoms. The quantitative estimate of drug-likeness (QED) is 0.881. The van der Waals surface area contributed by atoms with Crippen LogP contribution in [0.1, 0.15) is 6.92 Å². The van der Waals surface area contributed by atoms with E-state index in [0.717, 1.165) is 0 Å². The van der Waals surface area contributed by atoms with E-state index in [1.807, 2.05) is 14.0 Å². The summed E-state index contributed by atoms with van der Waals surface area (Å²) in [5.74, 6) is -0.102. The van der Waals surface area contributed by atoms with Crippen LogP contribution in [-0.4, -0.2) is 25.9 Å². The summed E-state index contributed by atoms with van der Waals surface area (Å²) < 4.78 is 1.77. The number of hydrogen-bond acceptors (Lipinski definition) is 4. The SMILES string of the molecule is CC(Sc1nncn1C)C(=O)Nc1cccc(Cl)c1. The molecule has 1 atom stereocenters. The molecule has 0 spiro atoms. The lowest BCUT2D eigenvalue weighted by Crippen LogP contribution is -2.22. The second kappa shape index (κ2) is 6.08. The van der Waals surface area contributed by atoms with Gasteiger partial charge in [-0.2, -0.15) is 0 Å². The predicted molar refractivity (Wildman–Crippen MR) is 76.4 cm³/mol. The van der Waals surface area contributed by atoms with Crippen LogP contribution in [0.4, 0.5) is 5.69 Å². The van der Waals surface area contributed by atoms with Gasteiger partial charge in [0, 0.05) is 17.8 Å². The van der Waals surface area contributed by atoms with E-state index < -0.39 is 0 Å². The number of carbonyl (C=O) groups excluding carboxylic acids is 1. The third-order valence-corrected chi connectivity index (χ3v) is 3.80. The molecule has 100 valence electrons. The van der Waals surface area contributed by atoms with E-state index in [-0.39, 0.29) is 11.2 Å². The first-order valence-corrected chi connectivity index (χ1v) is 6.89. The average Bonchev–Trinajstić information content (AvgIpc) is 2.75. The summed E-state index contributed by atoms with van der Waals surface area (Å²) in [5.41, 5.74) is 0.683. The molecule has 2 aromatic rings. The molecule has 1 aromatic carbocycles. The number of rotatable bonds is 4. The summed E-state index contributed by atoms with van der Waals surface area (Å²) in [6.07, 6.45) is 1.60. The van der Waals surface area contributed by atoms with Gasteiger partial charge in [-0.3, -0.25) is 4.79 Å². The Morgan fingerprint density at radius 3 is 2.95 bits per heavy atom. The van der Waals surface area contributed by atoms with Crippen LogP contribution in [0.25, 0.3) is 0 Å². The lowest BCUT2D eigenvalue weighted by molar-refractivity contribution is -0.115. The van der Waals surface area contributed by atoms with Gasteiger partial charge in [-0.25, -0.2) is 0 Å². The van der Waals surface area contributed by atoms with Crippen LogP contribution >= 0.6 is 23.4 Å². The molecule has 7 heteroatoms. The smallest absolute Gasteiger partial charge is 0.237 e. The first-order valence-electron chi connectivity index (χ1n) is 5.63. The number of aryl methyl sites for hydroxylation is 1. The topological polar surface area (TPSA) is 59.8 Å². The lowest BCUT2D eigenvalue weighted by atomic mass is 10.3. The third-order valence-electron chi connectivity index (χ3n) is 2.41. The average molecular weight is 297 g/mol. The largest absolute Gasteiger partial charge is 0.325 e. The number of nitrogens with zero attached hydrogens (tertiary/aromatic N) is 3. The first kappa shape index (κ1) is 13.9. The number of aromatic nitrogens is 3.